The summed E-state index contributed by atoms with van der Waals surface area (Å²) in [6.45, 7) is 1.81. The van der Waals surface area contributed by atoms with E-state index in [2.05, 4.69) is 5.29 Å². The molecular formula is C12H13ClN2O3. The third-order valence-corrected chi connectivity index (χ3v) is 2.71. The van der Waals surface area contributed by atoms with Gasteiger partial charge < -0.3 is 5.11 Å². The zero-order chi connectivity index (χ0) is 13.7. The van der Waals surface area contributed by atoms with Crippen molar-refractivity contribution >= 4 is 23.3 Å². The Balaban J connectivity index is 3.16. The molecule has 1 rings (SSSR count). The quantitative estimate of drug-likeness (QED) is 0.506. The summed E-state index contributed by atoms with van der Waals surface area (Å²) in [6.07, 6.45) is 2.58. The Morgan fingerprint density at radius 2 is 2.22 bits per heavy atom. The van der Waals surface area contributed by atoms with Gasteiger partial charge >= 0.3 is 5.97 Å². The molecule has 1 N–H and O–H groups in total. The average Bonchev–Trinajstić information content (AvgIpc) is 2.34. The van der Waals surface area contributed by atoms with Crippen molar-refractivity contribution in [1.82, 2.24) is 0 Å². The molecule has 0 aliphatic rings. The van der Waals surface area contributed by atoms with Crippen LogP contribution in [0.15, 0.2) is 35.6 Å². The minimum Gasteiger partial charge on any atom is -0.478 e. The molecule has 0 saturated carbocycles. The molecule has 0 aromatic heterocycles. The van der Waals surface area contributed by atoms with Gasteiger partial charge in [0.2, 0.25) is 0 Å². The van der Waals surface area contributed by atoms with E-state index in [4.69, 9.17) is 16.7 Å². The van der Waals surface area contributed by atoms with Gasteiger partial charge in [0, 0.05) is 24.1 Å². The van der Waals surface area contributed by atoms with Gasteiger partial charge in [-0.25, -0.2) is 9.80 Å². The number of allylic oxidation sites excluding steroid dienone is 1. The Labute approximate surface area is 110 Å². The van der Waals surface area contributed by atoms with Crippen molar-refractivity contribution in [2.45, 2.75) is 12.8 Å². The van der Waals surface area contributed by atoms with Crippen molar-refractivity contribution in [2.75, 3.05) is 12.1 Å². The summed E-state index contributed by atoms with van der Waals surface area (Å²) in [5, 5.41) is 13.1. The van der Waals surface area contributed by atoms with Crippen LogP contribution in [-0.4, -0.2) is 18.1 Å². The van der Waals surface area contributed by atoms with Crippen LogP contribution in [0.4, 0.5) is 5.69 Å². The smallest absolute Gasteiger partial charge is 0.327 e. The van der Waals surface area contributed by atoms with Crippen molar-refractivity contribution in [2.24, 2.45) is 5.29 Å². The van der Waals surface area contributed by atoms with E-state index in [9.17, 15) is 9.70 Å². The monoisotopic (exact) mass is 268 g/mol. The summed E-state index contributed by atoms with van der Waals surface area (Å²) in [7, 11) is 1.52. The van der Waals surface area contributed by atoms with Crippen LogP contribution in [-0.2, 0) is 4.79 Å². The summed E-state index contributed by atoms with van der Waals surface area (Å²) in [5.41, 5.74) is 1.33. The van der Waals surface area contributed by atoms with Crippen molar-refractivity contribution < 1.29 is 9.90 Å². The second kappa shape index (κ2) is 6.16. The number of aliphatic carboxylic acids is 1. The number of rotatable bonds is 5. The zero-order valence-electron chi connectivity index (χ0n) is 10.0. The number of halogens is 1. The fraction of sp³-hybridized carbons (Fsp3) is 0.250. The number of carboxylic acids is 1. The van der Waals surface area contributed by atoms with Gasteiger partial charge in [0.05, 0.1) is 11.0 Å². The lowest BCUT2D eigenvalue weighted by Gasteiger charge is -2.17. The highest BCUT2D eigenvalue weighted by atomic mass is 35.5. The lowest BCUT2D eigenvalue weighted by atomic mass is 9.98. The molecule has 96 valence electrons. The number of nitrogens with zero attached hydrogens (tertiary/aromatic N) is 2. The topological polar surface area (TPSA) is 70.0 Å². The molecule has 1 aromatic rings. The highest BCUT2D eigenvalue weighted by Gasteiger charge is 2.13. The Morgan fingerprint density at radius 1 is 1.56 bits per heavy atom. The zero-order valence-corrected chi connectivity index (χ0v) is 10.8. The molecule has 0 radical (unpaired) electrons. The van der Waals surface area contributed by atoms with E-state index in [1.54, 1.807) is 18.2 Å². The number of carbonyl (C=O) groups is 1. The van der Waals surface area contributed by atoms with Crippen molar-refractivity contribution in [3.8, 4) is 0 Å². The number of anilines is 1. The van der Waals surface area contributed by atoms with Crippen molar-refractivity contribution in [3.05, 3.63) is 45.8 Å². The summed E-state index contributed by atoms with van der Waals surface area (Å²) in [5.74, 6) is -1.22. The maximum atomic E-state index is 10.6. The van der Waals surface area contributed by atoms with Gasteiger partial charge in [-0.2, -0.15) is 0 Å². The van der Waals surface area contributed by atoms with Crippen LogP contribution in [0.1, 0.15) is 18.4 Å². The predicted octanol–water partition coefficient (Wildman–Crippen LogP) is 3.20. The molecule has 0 aliphatic carbocycles. The van der Waals surface area contributed by atoms with Crippen LogP contribution >= 0.6 is 11.6 Å². The lowest BCUT2D eigenvalue weighted by molar-refractivity contribution is -0.131. The molecule has 0 bridgehead atoms. The second-order valence-corrected chi connectivity index (χ2v) is 4.23. The molecule has 1 unspecified atom stereocenters. The van der Waals surface area contributed by atoms with Crippen LogP contribution in [0.5, 0.6) is 0 Å². The lowest BCUT2D eigenvalue weighted by Crippen LogP contribution is -2.10. The number of nitroso groups, excluding NO2 is 1. The second-order valence-electron chi connectivity index (χ2n) is 3.79. The maximum absolute atomic E-state index is 10.6. The summed E-state index contributed by atoms with van der Waals surface area (Å²) in [6, 6.07) is 5.01. The summed E-state index contributed by atoms with van der Waals surface area (Å²) in [4.78, 5) is 21.0. The number of hydrogen-bond acceptors (Lipinski definition) is 3. The van der Waals surface area contributed by atoms with Crippen LogP contribution in [0, 0.1) is 4.91 Å². The molecule has 5 nitrogen and oxygen atoms in total. The molecule has 0 saturated heterocycles. The van der Waals surface area contributed by atoms with E-state index < -0.39 is 5.97 Å². The minimum absolute atomic E-state index is 0.195. The third kappa shape index (κ3) is 3.56. The molecule has 0 spiro atoms. The summed E-state index contributed by atoms with van der Waals surface area (Å²) >= 11 is 5.90. The van der Waals surface area contributed by atoms with E-state index >= 15 is 0 Å². The first-order valence-corrected chi connectivity index (χ1v) is 5.61. The van der Waals surface area contributed by atoms with Crippen LogP contribution < -0.4 is 5.01 Å². The first-order valence-electron chi connectivity index (χ1n) is 5.23. The van der Waals surface area contributed by atoms with Gasteiger partial charge in [0.1, 0.15) is 0 Å². The van der Waals surface area contributed by atoms with E-state index in [0.717, 1.165) is 11.6 Å². The third-order valence-electron chi connectivity index (χ3n) is 2.48. The Kier molecular flexibility index (Phi) is 4.85. The van der Waals surface area contributed by atoms with E-state index in [1.165, 1.54) is 18.1 Å². The van der Waals surface area contributed by atoms with Crippen LogP contribution in [0.2, 0.25) is 5.02 Å². The summed E-state index contributed by atoms with van der Waals surface area (Å²) < 4.78 is 0. The maximum Gasteiger partial charge on any atom is 0.327 e. The molecule has 6 heteroatoms. The number of carboxylic acid groups (broad SMARTS) is 1. The molecular weight excluding hydrogens is 256 g/mol. The van der Waals surface area contributed by atoms with Crippen LogP contribution in [0.25, 0.3) is 0 Å². The van der Waals surface area contributed by atoms with E-state index in [-0.39, 0.29) is 5.92 Å². The van der Waals surface area contributed by atoms with Crippen molar-refractivity contribution in [3.63, 3.8) is 0 Å². The highest BCUT2D eigenvalue weighted by Crippen LogP contribution is 2.30. The van der Waals surface area contributed by atoms with Crippen molar-refractivity contribution in [1.29, 1.82) is 0 Å². The van der Waals surface area contributed by atoms with E-state index in [0.29, 0.717) is 10.7 Å². The Morgan fingerprint density at radius 3 is 2.78 bits per heavy atom. The van der Waals surface area contributed by atoms with Gasteiger partial charge in [-0.15, -0.1) is 4.91 Å². The fourth-order valence-electron chi connectivity index (χ4n) is 1.56. The standard InChI is InChI=1S/C12H13ClN2O3/c1-8(3-6-12(16)17)10-7-9(13)4-5-11(10)15(2)14-18/h3-8H,1-2H3,(H,16,17). The van der Waals surface area contributed by atoms with Gasteiger partial charge in [-0.3, -0.25) is 0 Å². The first-order chi connectivity index (χ1) is 8.45. The van der Waals surface area contributed by atoms with Gasteiger partial charge in [-0.1, -0.05) is 24.6 Å². The van der Waals surface area contributed by atoms with E-state index in [1.807, 2.05) is 6.92 Å². The molecule has 18 heavy (non-hydrogen) atoms. The number of benzene rings is 1. The predicted molar refractivity (Wildman–Crippen MR) is 70.8 cm³/mol. The SMILES string of the molecule is CC(C=CC(=O)O)c1cc(Cl)ccc1N(C)N=O. The van der Waals surface area contributed by atoms with Gasteiger partial charge in [0.15, 0.2) is 0 Å². The minimum atomic E-state index is -1.02. The highest BCUT2D eigenvalue weighted by molar-refractivity contribution is 6.30. The molecule has 1 atom stereocenters. The largest absolute Gasteiger partial charge is 0.478 e. The molecule has 0 aliphatic heterocycles. The molecule has 1 aromatic carbocycles. The Hall–Kier alpha value is -1.88. The van der Waals surface area contributed by atoms with Crippen LogP contribution in [0.3, 0.4) is 0 Å². The van der Waals surface area contributed by atoms with Gasteiger partial charge in [0.25, 0.3) is 0 Å². The first kappa shape index (κ1) is 14.2. The molecule has 0 fully saturated rings. The Bertz CT molecular complexity index is 488. The molecule has 0 amide bonds. The normalized spacial score (nSPS) is 12.4. The fourth-order valence-corrected chi connectivity index (χ4v) is 1.74. The number of hydrogen-bond donors (Lipinski definition) is 1. The average molecular weight is 269 g/mol. The van der Waals surface area contributed by atoms with Gasteiger partial charge in [-0.05, 0) is 23.8 Å². The molecule has 0 heterocycles.